The molecule has 0 aliphatic carbocycles. The number of hydrogen-bond donors (Lipinski definition) is 1. The summed E-state index contributed by atoms with van der Waals surface area (Å²) >= 11 is 0. The van der Waals surface area contributed by atoms with E-state index in [2.05, 4.69) is 6.07 Å². The molecule has 0 fully saturated rings. The fourth-order valence-electron chi connectivity index (χ4n) is 2.23. The molecule has 1 atom stereocenters. The Labute approximate surface area is 118 Å². The minimum absolute atomic E-state index is 0.318. The van der Waals surface area contributed by atoms with Gasteiger partial charge in [-0.05, 0) is 37.5 Å². The van der Waals surface area contributed by atoms with E-state index in [0.717, 1.165) is 5.56 Å². The fraction of sp³-hybridized carbons (Fsp3) is 0.294. The fourth-order valence-corrected chi connectivity index (χ4v) is 2.23. The van der Waals surface area contributed by atoms with E-state index in [1.54, 1.807) is 12.1 Å². The maximum Gasteiger partial charge on any atom is 0.132 e. The van der Waals surface area contributed by atoms with Gasteiger partial charge < -0.3 is 9.84 Å². The van der Waals surface area contributed by atoms with Crippen LogP contribution >= 0.6 is 0 Å². The topological polar surface area (TPSA) is 29.5 Å². The van der Waals surface area contributed by atoms with Crippen LogP contribution in [0.2, 0.25) is 0 Å². The molecule has 106 valence electrons. The number of aliphatic hydroxyl groups excluding tert-OH is 1. The van der Waals surface area contributed by atoms with Gasteiger partial charge in [-0.3, -0.25) is 0 Å². The zero-order chi connectivity index (χ0) is 14.5. The van der Waals surface area contributed by atoms with Gasteiger partial charge in [0.1, 0.15) is 11.6 Å². The van der Waals surface area contributed by atoms with Crippen LogP contribution in [0.3, 0.4) is 0 Å². The number of hydrogen-bond acceptors (Lipinski definition) is 2. The van der Waals surface area contributed by atoms with Crippen molar-refractivity contribution in [3.05, 3.63) is 65.0 Å². The normalized spacial score (nSPS) is 12.2. The third kappa shape index (κ3) is 3.58. The third-order valence-electron chi connectivity index (χ3n) is 3.36. The molecule has 2 nitrogen and oxygen atoms in total. The van der Waals surface area contributed by atoms with Crippen molar-refractivity contribution in [1.82, 2.24) is 0 Å². The summed E-state index contributed by atoms with van der Waals surface area (Å²) in [5, 5.41) is 10.1. The minimum Gasteiger partial charge on any atom is -0.497 e. The first-order valence-electron chi connectivity index (χ1n) is 6.67. The third-order valence-corrected chi connectivity index (χ3v) is 3.36. The van der Waals surface area contributed by atoms with E-state index < -0.39 is 11.9 Å². The second kappa shape index (κ2) is 6.53. The van der Waals surface area contributed by atoms with E-state index in [4.69, 9.17) is 4.74 Å². The largest absolute Gasteiger partial charge is 0.497 e. The highest BCUT2D eigenvalue weighted by Gasteiger charge is 2.13. The van der Waals surface area contributed by atoms with Crippen LogP contribution in [0.15, 0.2) is 42.5 Å². The summed E-state index contributed by atoms with van der Waals surface area (Å²) in [5.74, 6) is 0.0261. The lowest BCUT2D eigenvalue weighted by atomic mass is 10.00. The smallest absolute Gasteiger partial charge is 0.132 e. The van der Waals surface area contributed by atoms with Crippen molar-refractivity contribution in [2.45, 2.75) is 25.9 Å². The van der Waals surface area contributed by atoms with E-state index in [0.29, 0.717) is 24.2 Å². The van der Waals surface area contributed by atoms with Crippen LogP contribution in [0.1, 0.15) is 29.2 Å². The van der Waals surface area contributed by atoms with Gasteiger partial charge >= 0.3 is 0 Å². The van der Waals surface area contributed by atoms with Crippen LogP contribution in [0.4, 0.5) is 4.39 Å². The SMILES string of the molecule is COc1ccc(C(O)CCc2cccc(C)c2)c(F)c1. The number of methoxy groups -OCH3 is 1. The van der Waals surface area contributed by atoms with Crippen molar-refractivity contribution in [2.24, 2.45) is 0 Å². The molecule has 0 radical (unpaired) electrons. The van der Waals surface area contributed by atoms with Crippen molar-refractivity contribution in [2.75, 3.05) is 7.11 Å². The van der Waals surface area contributed by atoms with E-state index in [-0.39, 0.29) is 0 Å². The van der Waals surface area contributed by atoms with Crippen molar-refractivity contribution >= 4 is 0 Å². The molecule has 2 rings (SSSR count). The lowest BCUT2D eigenvalue weighted by Crippen LogP contribution is -2.03. The van der Waals surface area contributed by atoms with E-state index in [9.17, 15) is 9.50 Å². The summed E-state index contributed by atoms with van der Waals surface area (Å²) in [5.41, 5.74) is 2.66. The summed E-state index contributed by atoms with van der Waals surface area (Å²) in [6.07, 6.45) is 0.405. The van der Waals surface area contributed by atoms with Crippen LogP contribution in [0.5, 0.6) is 5.75 Å². The molecule has 2 aromatic rings. The summed E-state index contributed by atoms with van der Waals surface area (Å²) in [4.78, 5) is 0. The summed E-state index contributed by atoms with van der Waals surface area (Å²) < 4.78 is 18.8. The van der Waals surface area contributed by atoms with Crippen LogP contribution in [0, 0.1) is 12.7 Å². The second-order valence-corrected chi connectivity index (χ2v) is 4.93. The molecule has 0 aliphatic rings. The van der Waals surface area contributed by atoms with Crippen LogP contribution < -0.4 is 4.74 Å². The average Bonchev–Trinajstić information content (AvgIpc) is 2.44. The van der Waals surface area contributed by atoms with Crippen LogP contribution in [0.25, 0.3) is 0 Å². The monoisotopic (exact) mass is 274 g/mol. The number of aliphatic hydroxyl groups is 1. The first-order valence-corrected chi connectivity index (χ1v) is 6.67. The van der Waals surface area contributed by atoms with Crippen molar-refractivity contribution in [3.63, 3.8) is 0 Å². The highest BCUT2D eigenvalue weighted by molar-refractivity contribution is 5.30. The number of aryl methyl sites for hydroxylation is 2. The van der Waals surface area contributed by atoms with Gasteiger partial charge in [-0.1, -0.05) is 29.8 Å². The Morgan fingerprint density at radius 1 is 1.20 bits per heavy atom. The van der Waals surface area contributed by atoms with Crippen molar-refractivity contribution < 1.29 is 14.2 Å². The van der Waals surface area contributed by atoms with Crippen molar-refractivity contribution in [1.29, 1.82) is 0 Å². The molecule has 1 N–H and O–H groups in total. The second-order valence-electron chi connectivity index (χ2n) is 4.93. The zero-order valence-corrected chi connectivity index (χ0v) is 11.8. The Kier molecular flexibility index (Phi) is 4.74. The standard InChI is InChI=1S/C17H19FO2/c1-12-4-3-5-13(10-12)6-9-17(19)15-8-7-14(20-2)11-16(15)18/h3-5,7-8,10-11,17,19H,6,9H2,1-2H3. The highest BCUT2D eigenvalue weighted by Crippen LogP contribution is 2.25. The zero-order valence-electron chi connectivity index (χ0n) is 11.8. The average molecular weight is 274 g/mol. The molecule has 20 heavy (non-hydrogen) atoms. The lowest BCUT2D eigenvalue weighted by Gasteiger charge is -2.13. The lowest BCUT2D eigenvalue weighted by molar-refractivity contribution is 0.163. The summed E-state index contributed by atoms with van der Waals surface area (Å²) in [7, 11) is 1.49. The molecule has 0 saturated heterocycles. The molecule has 3 heteroatoms. The molecule has 0 aromatic heterocycles. The Morgan fingerprint density at radius 2 is 2.00 bits per heavy atom. The quantitative estimate of drug-likeness (QED) is 0.898. The van der Waals surface area contributed by atoms with Gasteiger partial charge in [0, 0.05) is 11.6 Å². The molecule has 0 bridgehead atoms. The van der Waals surface area contributed by atoms with E-state index in [1.165, 1.54) is 18.7 Å². The Bertz CT molecular complexity index is 581. The predicted octanol–water partition coefficient (Wildman–Crippen LogP) is 3.81. The van der Waals surface area contributed by atoms with E-state index >= 15 is 0 Å². The molecule has 0 aliphatic heterocycles. The first-order chi connectivity index (χ1) is 9.60. The summed E-state index contributed by atoms with van der Waals surface area (Å²) in [6.45, 7) is 2.03. The molecule has 2 aromatic carbocycles. The van der Waals surface area contributed by atoms with E-state index in [1.807, 2.05) is 25.1 Å². The Hall–Kier alpha value is -1.87. The summed E-state index contributed by atoms with van der Waals surface area (Å²) in [6, 6.07) is 12.7. The van der Waals surface area contributed by atoms with Crippen LogP contribution in [-0.2, 0) is 6.42 Å². The minimum atomic E-state index is -0.804. The molecule has 0 amide bonds. The van der Waals surface area contributed by atoms with Crippen LogP contribution in [-0.4, -0.2) is 12.2 Å². The number of halogens is 1. The molecular weight excluding hydrogens is 255 g/mol. The maximum absolute atomic E-state index is 13.8. The van der Waals surface area contributed by atoms with Gasteiger partial charge in [-0.25, -0.2) is 4.39 Å². The van der Waals surface area contributed by atoms with Crippen molar-refractivity contribution in [3.8, 4) is 5.75 Å². The number of benzene rings is 2. The Morgan fingerprint density at radius 3 is 2.65 bits per heavy atom. The Balaban J connectivity index is 2.03. The highest BCUT2D eigenvalue weighted by atomic mass is 19.1. The number of rotatable bonds is 5. The van der Waals surface area contributed by atoms with Gasteiger partial charge in [0.25, 0.3) is 0 Å². The predicted molar refractivity (Wildman–Crippen MR) is 77.4 cm³/mol. The first kappa shape index (κ1) is 14.5. The molecule has 0 saturated carbocycles. The van der Waals surface area contributed by atoms with Gasteiger partial charge in [-0.15, -0.1) is 0 Å². The number of ether oxygens (including phenoxy) is 1. The van der Waals surface area contributed by atoms with Gasteiger partial charge in [0.2, 0.25) is 0 Å². The molecule has 0 heterocycles. The van der Waals surface area contributed by atoms with Gasteiger partial charge in [0.05, 0.1) is 13.2 Å². The molecule has 1 unspecified atom stereocenters. The maximum atomic E-state index is 13.8. The van der Waals surface area contributed by atoms with Gasteiger partial charge in [0.15, 0.2) is 0 Å². The molecule has 0 spiro atoms. The molecular formula is C17H19FO2. The van der Waals surface area contributed by atoms with Gasteiger partial charge in [-0.2, -0.15) is 0 Å².